The number of rotatable bonds is 4. The van der Waals surface area contributed by atoms with Crippen LogP contribution in [0.2, 0.25) is 12.1 Å². The molecule has 0 bridgehead atoms. The molecule has 0 N–H and O–H groups in total. The molecule has 2 aromatic carbocycles. The summed E-state index contributed by atoms with van der Waals surface area (Å²) >= 11 is 0. The molecule has 0 saturated heterocycles. The van der Waals surface area contributed by atoms with Gasteiger partial charge in [0, 0.05) is 21.4 Å². The molecule has 2 unspecified atom stereocenters. The van der Waals surface area contributed by atoms with E-state index in [2.05, 4.69) is 76.3 Å². The first-order valence-corrected chi connectivity index (χ1v) is 11.6. The quantitative estimate of drug-likeness (QED) is 0.611. The molecule has 2 aromatic rings. The van der Waals surface area contributed by atoms with Crippen molar-refractivity contribution in [3.63, 3.8) is 0 Å². The van der Waals surface area contributed by atoms with Gasteiger partial charge in [-0.3, -0.25) is 0 Å². The molecule has 0 amide bonds. The number of hydrogen-bond acceptors (Lipinski definition) is 0. The zero-order valence-electron chi connectivity index (χ0n) is 15.9. The van der Waals surface area contributed by atoms with Crippen LogP contribution in [0.4, 0.5) is 0 Å². The normalized spacial score (nSPS) is 20.6. The van der Waals surface area contributed by atoms with E-state index >= 15 is 0 Å². The Bertz CT molecular complexity index is 812. The Labute approximate surface area is 154 Å². The molecule has 2 aliphatic carbocycles. The van der Waals surface area contributed by atoms with E-state index in [9.17, 15) is 0 Å². The molecule has 128 valence electrons. The molecular formula is C24H28Si. The summed E-state index contributed by atoms with van der Waals surface area (Å²) in [6, 6.07) is 11.9. The van der Waals surface area contributed by atoms with Crippen LogP contribution in [-0.2, 0) is 0 Å². The zero-order valence-corrected chi connectivity index (χ0v) is 17.3. The monoisotopic (exact) mass is 344 g/mol. The molecule has 0 saturated carbocycles. The van der Waals surface area contributed by atoms with Gasteiger partial charge in [-0.25, -0.2) is 0 Å². The molecule has 0 aliphatic heterocycles. The first-order chi connectivity index (χ1) is 12.1. The molecule has 25 heavy (non-hydrogen) atoms. The lowest BCUT2D eigenvalue weighted by molar-refractivity contribution is 0.921. The molecule has 0 aromatic heterocycles. The third kappa shape index (κ3) is 2.85. The SMILES string of the molecule is Cc1ccc(C)c2c1C=CC2C[SiH2]CC1C=Cc2c(C)ccc(C)c21. The van der Waals surface area contributed by atoms with Gasteiger partial charge in [-0.2, -0.15) is 0 Å². The van der Waals surface area contributed by atoms with Gasteiger partial charge in [0.2, 0.25) is 0 Å². The maximum atomic E-state index is 2.46. The summed E-state index contributed by atoms with van der Waals surface area (Å²) in [5.74, 6) is 1.34. The molecule has 0 spiro atoms. The molecule has 0 nitrogen and oxygen atoms in total. The highest BCUT2D eigenvalue weighted by molar-refractivity contribution is 6.36. The third-order valence-electron chi connectivity index (χ3n) is 6.21. The highest BCUT2D eigenvalue weighted by atomic mass is 28.2. The first kappa shape index (κ1) is 16.6. The van der Waals surface area contributed by atoms with Crippen LogP contribution in [0.1, 0.15) is 56.3 Å². The predicted octanol–water partition coefficient (Wildman–Crippen LogP) is 5.85. The maximum Gasteiger partial charge on any atom is 0.0218 e. The van der Waals surface area contributed by atoms with Gasteiger partial charge < -0.3 is 0 Å². The molecule has 1 heteroatoms. The summed E-state index contributed by atoms with van der Waals surface area (Å²) in [5, 5.41) is 0. The maximum absolute atomic E-state index is 2.46. The van der Waals surface area contributed by atoms with E-state index in [1.807, 2.05) is 0 Å². The van der Waals surface area contributed by atoms with Crippen molar-refractivity contribution in [1.29, 1.82) is 0 Å². The van der Waals surface area contributed by atoms with Crippen LogP contribution < -0.4 is 0 Å². The minimum absolute atomic E-state index is 0.0856. The Kier molecular flexibility index (Phi) is 4.29. The lowest BCUT2D eigenvalue weighted by atomic mass is 9.94. The summed E-state index contributed by atoms with van der Waals surface area (Å²) in [5.41, 5.74) is 12.0. The average Bonchev–Trinajstić information content (AvgIpc) is 3.21. The number of fused-ring (bicyclic) bond motifs is 2. The minimum Gasteiger partial charge on any atom is -0.0767 e. The van der Waals surface area contributed by atoms with Crippen LogP contribution in [0.15, 0.2) is 36.4 Å². The van der Waals surface area contributed by atoms with Crippen LogP contribution in [0.5, 0.6) is 0 Å². The van der Waals surface area contributed by atoms with Gasteiger partial charge in [0.05, 0.1) is 0 Å². The van der Waals surface area contributed by atoms with Crippen LogP contribution in [-0.4, -0.2) is 9.52 Å². The van der Waals surface area contributed by atoms with Crippen molar-refractivity contribution < 1.29 is 0 Å². The van der Waals surface area contributed by atoms with Gasteiger partial charge >= 0.3 is 0 Å². The number of hydrogen-bond donors (Lipinski definition) is 0. The Balaban J connectivity index is 1.46. The summed E-state index contributed by atoms with van der Waals surface area (Å²) in [7, 11) is -0.0856. The van der Waals surface area contributed by atoms with E-state index in [1.165, 1.54) is 45.5 Å². The number of aryl methyl sites for hydroxylation is 4. The van der Waals surface area contributed by atoms with Crippen molar-refractivity contribution in [2.75, 3.05) is 0 Å². The summed E-state index contributed by atoms with van der Waals surface area (Å²) in [6.07, 6.45) is 9.67. The van der Waals surface area contributed by atoms with Crippen molar-refractivity contribution in [1.82, 2.24) is 0 Å². The molecule has 0 radical (unpaired) electrons. The Hall–Kier alpha value is -1.86. The van der Waals surface area contributed by atoms with Gasteiger partial charge in [0.15, 0.2) is 0 Å². The fourth-order valence-corrected chi connectivity index (χ4v) is 6.87. The first-order valence-electron chi connectivity index (χ1n) is 9.63. The van der Waals surface area contributed by atoms with Gasteiger partial charge in [0.1, 0.15) is 0 Å². The lowest BCUT2D eigenvalue weighted by Gasteiger charge is -2.18. The van der Waals surface area contributed by atoms with Crippen molar-refractivity contribution in [2.24, 2.45) is 0 Å². The van der Waals surface area contributed by atoms with Crippen LogP contribution in [0.3, 0.4) is 0 Å². The fraction of sp³-hybridized carbons (Fsp3) is 0.333. The van der Waals surface area contributed by atoms with Crippen LogP contribution >= 0.6 is 0 Å². The van der Waals surface area contributed by atoms with E-state index < -0.39 is 0 Å². The van der Waals surface area contributed by atoms with E-state index in [0.717, 1.165) is 0 Å². The Morgan fingerprint density at radius 2 is 1.04 bits per heavy atom. The van der Waals surface area contributed by atoms with Crippen molar-refractivity contribution in [3.05, 3.63) is 80.9 Å². The second-order valence-corrected chi connectivity index (χ2v) is 9.78. The smallest absolute Gasteiger partial charge is 0.0218 e. The highest BCUT2D eigenvalue weighted by Crippen LogP contribution is 2.40. The average molecular weight is 345 g/mol. The van der Waals surface area contributed by atoms with E-state index in [-0.39, 0.29) is 9.52 Å². The van der Waals surface area contributed by atoms with Gasteiger partial charge in [0.25, 0.3) is 0 Å². The van der Waals surface area contributed by atoms with Crippen molar-refractivity contribution in [3.8, 4) is 0 Å². The molecule has 4 rings (SSSR count). The largest absolute Gasteiger partial charge is 0.0767 e. The van der Waals surface area contributed by atoms with E-state index in [4.69, 9.17) is 0 Å². The Morgan fingerprint density at radius 1 is 0.640 bits per heavy atom. The second kappa shape index (κ2) is 6.46. The third-order valence-corrected chi connectivity index (χ3v) is 8.27. The van der Waals surface area contributed by atoms with E-state index in [0.29, 0.717) is 11.8 Å². The molecule has 2 aliphatic rings. The Morgan fingerprint density at radius 3 is 1.48 bits per heavy atom. The van der Waals surface area contributed by atoms with Gasteiger partial charge in [-0.15, -0.1) is 0 Å². The molecule has 0 heterocycles. The highest BCUT2D eigenvalue weighted by Gasteiger charge is 2.23. The standard InChI is InChI=1S/C24H28Si/c1-15-5-7-17(3)23-19(9-11-21(15)23)13-25-14-20-10-12-22-16(2)6-8-18(4)24(20)22/h5-12,19-20H,13-14,25H2,1-4H3. The zero-order chi connectivity index (χ0) is 17.6. The topological polar surface area (TPSA) is 0 Å². The van der Waals surface area contributed by atoms with Gasteiger partial charge in [-0.1, -0.05) is 60.7 Å². The lowest BCUT2D eigenvalue weighted by Crippen LogP contribution is -2.05. The molecule has 0 fully saturated rings. The summed E-state index contributed by atoms with van der Waals surface area (Å²) < 4.78 is 0. The van der Waals surface area contributed by atoms with Gasteiger partial charge in [-0.05, 0) is 72.2 Å². The summed E-state index contributed by atoms with van der Waals surface area (Å²) in [6.45, 7) is 9.05. The fourth-order valence-electron chi connectivity index (χ4n) is 4.79. The minimum atomic E-state index is -0.0856. The van der Waals surface area contributed by atoms with Crippen LogP contribution in [0, 0.1) is 27.7 Å². The second-order valence-electron chi connectivity index (χ2n) is 7.92. The van der Waals surface area contributed by atoms with Crippen molar-refractivity contribution in [2.45, 2.75) is 51.6 Å². The van der Waals surface area contributed by atoms with Crippen LogP contribution in [0.25, 0.3) is 12.2 Å². The molecule has 2 atom stereocenters. The van der Waals surface area contributed by atoms with Crippen molar-refractivity contribution >= 4 is 21.7 Å². The number of allylic oxidation sites excluding steroid dienone is 2. The molecular weight excluding hydrogens is 316 g/mol. The van der Waals surface area contributed by atoms with E-state index in [1.54, 1.807) is 11.1 Å². The number of benzene rings is 2. The predicted molar refractivity (Wildman–Crippen MR) is 114 cm³/mol. The summed E-state index contributed by atoms with van der Waals surface area (Å²) in [4.78, 5) is 0.